The Morgan fingerprint density at radius 3 is 2.45 bits per heavy atom. The van der Waals surface area contributed by atoms with Crippen LogP contribution in [0.2, 0.25) is 0 Å². The van der Waals surface area contributed by atoms with Gasteiger partial charge in [-0.2, -0.15) is 0 Å². The van der Waals surface area contributed by atoms with E-state index in [0.717, 1.165) is 24.9 Å². The number of halogens is 2. The van der Waals surface area contributed by atoms with E-state index >= 15 is 0 Å². The summed E-state index contributed by atoms with van der Waals surface area (Å²) >= 11 is 0. The fourth-order valence-corrected chi connectivity index (χ4v) is 2.67. The van der Waals surface area contributed by atoms with Crippen molar-refractivity contribution in [3.05, 3.63) is 35.9 Å². The molecule has 0 aliphatic carbocycles. The van der Waals surface area contributed by atoms with Gasteiger partial charge in [0, 0.05) is 18.6 Å². The van der Waals surface area contributed by atoms with Crippen LogP contribution in [0.4, 0.5) is 0 Å². The molecule has 3 unspecified atom stereocenters. The maximum Gasteiger partial charge on any atom is 0.244 e. The number of carbonyl (C=O) groups excluding carboxylic acids is 1. The molecule has 2 rings (SSSR count). The van der Waals surface area contributed by atoms with Crippen molar-refractivity contribution in [2.45, 2.75) is 44.3 Å². The van der Waals surface area contributed by atoms with Gasteiger partial charge in [-0.1, -0.05) is 30.3 Å². The van der Waals surface area contributed by atoms with Gasteiger partial charge in [0.05, 0.1) is 0 Å². The maximum atomic E-state index is 12.5. The van der Waals surface area contributed by atoms with Crippen molar-refractivity contribution in [2.24, 2.45) is 5.73 Å². The van der Waals surface area contributed by atoms with Crippen molar-refractivity contribution in [1.82, 2.24) is 10.2 Å². The van der Waals surface area contributed by atoms with Crippen LogP contribution in [-0.4, -0.2) is 36.5 Å². The molecule has 0 bridgehead atoms. The predicted octanol–water partition coefficient (Wildman–Crippen LogP) is 2.30. The fraction of sp³-hybridized carbons (Fsp3) is 0.562. The minimum Gasteiger partial charge on any atom is -0.351 e. The molecule has 0 aromatic heterocycles. The molecule has 22 heavy (non-hydrogen) atoms. The average Bonchev–Trinajstić information content (AvgIpc) is 2.44. The average molecular weight is 348 g/mol. The first kappa shape index (κ1) is 21.2. The normalized spacial score (nSPS) is 24.4. The van der Waals surface area contributed by atoms with E-state index in [1.165, 1.54) is 0 Å². The highest BCUT2D eigenvalue weighted by molar-refractivity contribution is 5.87. The lowest BCUT2D eigenvalue weighted by molar-refractivity contribution is -0.127. The van der Waals surface area contributed by atoms with E-state index in [1.807, 2.05) is 30.3 Å². The summed E-state index contributed by atoms with van der Waals surface area (Å²) in [7, 11) is 2.12. The summed E-state index contributed by atoms with van der Waals surface area (Å²) in [4.78, 5) is 14.8. The number of benzene rings is 1. The quantitative estimate of drug-likeness (QED) is 0.881. The number of nitrogens with two attached hydrogens (primary N) is 1. The van der Waals surface area contributed by atoms with Gasteiger partial charge in [0.15, 0.2) is 0 Å². The molecule has 1 amide bonds. The lowest BCUT2D eigenvalue weighted by atomic mass is 9.91. The number of rotatable bonds is 3. The molecule has 6 heteroatoms. The second-order valence-corrected chi connectivity index (χ2v) is 6.09. The molecular weight excluding hydrogens is 321 g/mol. The smallest absolute Gasteiger partial charge is 0.244 e. The zero-order valence-corrected chi connectivity index (χ0v) is 15.0. The van der Waals surface area contributed by atoms with E-state index in [1.54, 1.807) is 6.92 Å². The van der Waals surface area contributed by atoms with E-state index in [0.29, 0.717) is 6.04 Å². The molecule has 1 fully saturated rings. The van der Waals surface area contributed by atoms with Gasteiger partial charge in [-0.15, -0.1) is 24.8 Å². The molecule has 1 heterocycles. The number of amides is 1. The number of hydrogen-bond donors (Lipinski definition) is 2. The maximum absolute atomic E-state index is 12.5. The molecule has 126 valence electrons. The van der Waals surface area contributed by atoms with Crippen molar-refractivity contribution in [3.63, 3.8) is 0 Å². The molecule has 1 aromatic rings. The summed E-state index contributed by atoms with van der Waals surface area (Å²) in [5, 5.41) is 3.12. The van der Waals surface area contributed by atoms with Gasteiger partial charge in [-0.25, -0.2) is 0 Å². The zero-order chi connectivity index (χ0) is 14.8. The van der Waals surface area contributed by atoms with Gasteiger partial charge in [0.25, 0.3) is 0 Å². The Kier molecular flexibility index (Phi) is 8.40. The molecule has 0 spiro atoms. The van der Waals surface area contributed by atoms with Crippen LogP contribution in [0.5, 0.6) is 0 Å². The molecule has 3 N–H and O–H groups in total. The van der Waals surface area contributed by atoms with Gasteiger partial charge in [-0.3, -0.25) is 4.79 Å². The topological polar surface area (TPSA) is 58.4 Å². The van der Waals surface area contributed by atoms with Crippen molar-refractivity contribution in [1.29, 1.82) is 0 Å². The van der Waals surface area contributed by atoms with E-state index in [9.17, 15) is 4.79 Å². The van der Waals surface area contributed by atoms with Crippen LogP contribution in [0.15, 0.2) is 30.3 Å². The minimum absolute atomic E-state index is 0. The third-order valence-electron chi connectivity index (χ3n) is 4.39. The highest BCUT2D eigenvalue weighted by Crippen LogP contribution is 2.20. The van der Waals surface area contributed by atoms with Crippen LogP contribution in [0.3, 0.4) is 0 Å². The Labute approximate surface area is 145 Å². The fourth-order valence-electron chi connectivity index (χ4n) is 2.67. The second kappa shape index (κ2) is 8.73. The van der Waals surface area contributed by atoms with Gasteiger partial charge < -0.3 is 16.0 Å². The summed E-state index contributed by atoms with van der Waals surface area (Å²) in [5.74, 6) is -0.0922. The van der Waals surface area contributed by atoms with Crippen molar-refractivity contribution < 1.29 is 4.79 Å². The van der Waals surface area contributed by atoms with E-state index in [-0.39, 0.29) is 36.8 Å². The Morgan fingerprint density at radius 1 is 1.32 bits per heavy atom. The van der Waals surface area contributed by atoms with Crippen molar-refractivity contribution in [2.75, 3.05) is 13.6 Å². The first-order valence-corrected chi connectivity index (χ1v) is 7.27. The number of piperidine rings is 1. The summed E-state index contributed by atoms with van der Waals surface area (Å²) < 4.78 is 0. The molecule has 4 nitrogen and oxygen atoms in total. The third-order valence-corrected chi connectivity index (χ3v) is 4.39. The number of hydrogen-bond acceptors (Lipinski definition) is 3. The van der Waals surface area contributed by atoms with E-state index < -0.39 is 5.54 Å². The molecule has 0 saturated carbocycles. The molecule has 0 radical (unpaired) electrons. The first-order chi connectivity index (χ1) is 9.41. The zero-order valence-electron chi connectivity index (χ0n) is 13.4. The predicted molar refractivity (Wildman–Crippen MR) is 95.7 cm³/mol. The highest BCUT2D eigenvalue weighted by atomic mass is 35.5. The molecule has 1 saturated heterocycles. The van der Waals surface area contributed by atoms with Crippen LogP contribution in [0.1, 0.15) is 32.3 Å². The van der Waals surface area contributed by atoms with Crippen LogP contribution in [0, 0.1) is 0 Å². The van der Waals surface area contributed by atoms with Crippen LogP contribution in [0.25, 0.3) is 0 Å². The Bertz CT molecular complexity index is 468. The standard InChI is InChI=1S/C16H25N3O.2ClH/c1-12-11-14(9-10-19(12)3)18-15(20)16(2,17)13-7-5-4-6-8-13;;/h4-8,12,14H,9-11,17H2,1-3H3,(H,18,20);2*1H. The number of nitrogens with zero attached hydrogens (tertiary/aromatic N) is 1. The number of likely N-dealkylation sites (tertiary alicyclic amines) is 1. The van der Waals surface area contributed by atoms with Crippen LogP contribution >= 0.6 is 24.8 Å². The summed E-state index contributed by atoms with van der Waals surface area (Å²) in [6, 6.07) is 10.3. The number of carbonyl (C=O) groups is 1. The second-order valence-electron chi connectivity index (χ2n) is 6.09. The van der Waals surface area contributed by atoms with E-state index in [4.69, 9.17) is 5.73 Å². The molecule has 1 aliphatic rings. The Morgan fingerprint density at radius 2 is 1.91 bits per heavy atom. The largest absolute Gasteiger partial charge is 0.351 e. The monoisotopic (exact) mass is 347 g/mol. The molecule has 1 aliphatic heterocycles. The van der Waals surface area contributed by atoms with Crippen molar-refractivity contribution >= 4 is 30.7 Å². The SMILES string of the molecule is CC1CC(NC(=O)C(C)(N)c2ccccc2)CCN1C.Cl.Cl. The molecule has 3 atom stereocenters. The van der Waals surface area contributed by atoms with Crippen LogP contribution < -0.4 is 11.1 Å². The Hall–Kier alpha value is -0.810. The summed E-state index contributed by atoms with van der Waals surface area (Å²) in [6.07, 6.45) is 1.96. The Balaban J connectivity index is 0.00000220. The van der Waals surface area contributed by atoms with Gasteiger partial charge in [0.1, 0.15) is 5.54 Å². The lowest BCUT2D eigenvalue weighted by Crippen LogP contribution is -2.55. The van der Waals surface area contributed by atoms with Crippen molar-refractivity contribution in [3.8, 4) is 0 Å². The molecular formula is C16H27Cl2N3O. The van der Waals surface area contributed by atoms with E-state index in [2.05, 4.69) is 24.2 Å². The van der Waals surface area contributed by atoms with Crippen LogP contribution in [-0.2, 0) is 10.3 Å². The molecule has 1 aromatic carbocycles. The van der Waals surface area contributed by atoms with Gasteiger partial charge in [0.2, 0.25) is 5.91 Å². The summed E-state index contributed by atoms with van der Waals surface area (Å²) in [5.41, 5.74) is 6.11. The van der Waals surface area contributed by atoms with Gasteiger partial charge in [-0.05, 0) is 39.3 Å². The minimum atomic E-state index is -0.978. The summed E-state index contributed by atoms with van der Waals surface area (Å²) in [6.45, 7) is 4.98. The lowest BCUT2D eigenvalue weighted by Gasteiger charge is -2.36. The first-order valence-electron chi connectivity index (χ1n) is 7.27. The number of nitrogens with one attached hydrogen (secondary N) is 1. The van der Waals surface area contributed by atoms with Gasteiger partial charge >= 0.3 is 0 Å². The highest BCUT2D eigenvalue weighted by Gasteiger charge is 2.33. The third kappa shape index (κ3) is 4.85.